The zero-order chi connectivity index (χ0) is 15.4. The molecule has 0 aliphatic carbocycles. The summed E-state index contributed by atoms with van der Waals surface area (Å²) in [6.45, 7) is -0.443. The summed E-state index contributed by atoms with van der Waals surface area (Å²) < 4.78 is 9.28. The van der Waals surface area contributed by atoms with E-state index in [0.717, 1.165) is 16.5 Å². The van der Waals surface area contributed by atoms with Gasteiger partial charge in [0.15, 0.2) is 0 Å². The van der Waals surface area contributed by atoms with Gasteiger partial charge in [-0.05, 0) is 18.1 Å². The van der Waals surface area contributed by atoms with Crippen molar-refractivity contribution in [3.63, 3.8) is 0 Å². The molecule has 114 valence electrons. The lowest BCUT2D eigenvalue weighted by atomic mass is 10.1. The van der Waals surface area contributed by atoms with E-state index in [1.807, 2.05) is 30.5 Å². The highest BCUT2D eigenvalue weighted by Gasteiger charge is 2.17. The second-order valence-corrected chi connectivity index (χ2v) is 4.56. The topological polar surface area (TPSA) is 97.4 Å². The first-order valence-corrected chi connectivity index (χ1v) is 6.14. The number of hydrogen-bond donors (Lipinski definition) is 3. The summed E-state index contributed by atoms with van der Waals surface area (Å²) in [5, 5.41) is 11.7. The van der Waals surface area contributed by atoms with Crippen molar-refractivity contribution in [2.24, 2.45) is 12.8 Å². The molecule has 0 unspecified atom stereocenters. The number of rotatable bonds is 5. The first-order chi connectivity index (χ1) is 10.0. The fourth-order valence-corrected chi connectivity index (χ4v) is 2.11. The van der Waals surface area contributed by atoms with Crippen molar-refractivity contribution in [2.75, 3.05) is 6.54 Å². The van der Waals surface area contributed by atoms with E-state index in [0.29, 0.717) is 6.42 Å². The molecule has 21 heavy (non-hydrogen) atoms. The van der Waals surface area contributed by atoms with Crippen LogP contribution < -0.4 is 11.1 Å². The van der Waals surface area contributed by atoms with Gasteiger partial charge in [-0.2, -0.15) is 0 Å². The van der Waals surface area contributed by atoms with Crippen molar-refractivity contribution in [1.29, 1.82) is 0 Å². The normalized spacial score (nSPS) is 12.3. The second kappa shape index (κ2) is 7.10. The Balaban J connectivity index is 0.00000242. The molecule has 0 aliphatic heterocycles. The molecule has 0 bridgehead atoms. The van der Waals surface area contributed by atoms with Gasteiger partial charge in [-0.1, -0.05) is 18.2 Å². The predicted molar refractivity (Wildman–Crippen MR) is 82.5 cm³/mol. The molecule has 4 N–H and O–H groups in total. The van der Waals surface area contributed by atoms with Crippen LogP contribution in [-0.2, 0) is 23.0 Å². The number of nitrogens with two attached hydrogens (primary N) is 1. The maximum Gasteiger partial charge on any atom is 0.322 e. The molecular formula is C14H18ClN3O3. The van der Waals surface area contributed by atoms with Gasteiger partial charge in [0.2, 0.25) is 5.91 Å². The Morgan fingerprint density at radius 3 is 2.86 bits per heavy atom. The Kier molecular flexibility index (Phi) is 5.19. The van der Waals surface area contributed by atoms with Gasteiger partial charge in [-0.25, -0.2) is 0 Å². The Morgan fingerprint density at radius 2 is 2.19 bits per heavy atom. The van der Waals surface area contributed by atoms with Gasteiger partial charge in [-0.15, -0.1) is 12.4 Å². The number of fused-ring (bicyclic) bond motifs is 1. The van der Waals surface area contributed by atoms with Crippen LogP contribution in [0.3, 0.4) is 0 Å². The number of aromatic nitrogens is 1. The fourth-order valence-electron chi connectivity index (χ4n) is 2.11. The molecule has 0 saturated carbocycles. The highest BCUT2D eigenvalue weighted by Crippen LogP contribution is 2.21. The number of nitrogens with zero attached hydrogens (tertiary/aromatic N) is 1. The fraction of sp³-hybridized carbons (Fsp3) is 0.286. The molecule has 1 aromatic heterocycles. The van der Waals surface area contributed by atoms with Gasteiger partial charge >= 0.3 is 5.97 Å². The van der Waals surface area contributed by atoms with Gasteiger partial charge in [0, 0.05) is 25.5 Å². The quantitative estimate of drug-likeness (QED) is 0.756. The van der Waals surface area contributed by atoms with Crippen LogP contribution in [0.4, 0.5) is 0 Å². The third-order valence-corrected chi connectivity index (χ3v) is 3.06. The number of aliphatic carboxylic acids is 1. The molecule has 2 aromatic rings. The summed E-state index contributed by atoms with van der Waals surface area (Å²) in [6.07, 6.45) is 2.10. The maximum absolute atomic E-state index is 11.7. The molecule has 0 spiro atoms. The van der Waals surface area contributed by atoms with Crippen molar-refractivity contribution < 1.29 is 16.1 Å². The first-order valence-electron chi connectivity index (χ1n) is 6.84. The lowest BCUT2D eigenvalue weighted by Gasteiger charge is -2.10. The Hall–Kier alpha value is -2.05. The minimum absolute atomic E-state index is 0. The highest BCUT2D eigenvalue weighted by atomic mass is 35.5. The van der Waals surface area contributed by atoms with Crippen LogP contribution in [0.25, 0.3) is 10.9 Å². The average Bonchev–Trinajstić information content (AvgIpc) is 2.83. The number of carbonyl (C=O) groups excluding carboxylic acids is 1. The number of amides is 1. The smallest absolute Gasteiger partial charge is 0.322 e. The molecular weight excluding hydrogens is 294 g/mol. The van der Waals surface area contributed by atoms with Crippen molar-refractivity contribution >= 4 is 35.2 Å². The summed E-state index contributed by atoms with van der Waals surface area (Å²) in [5.41, 5.74) is 7.60. The van der Waals surface area contributed by atoms with Crippen LogP contribution in [-0.4, -0.2) is 34.1 Å². The van der Waals surface area contributed by atoms with Crippen LogP contribution >= 0.6 is 12.4 Å². The third-order valence-electron chi connectivity index (χ3n) is 3.06. The second-order valence-electron chi connectivity index (χ2n) is 4.56. The molecule has 2 rings (SSSR count). The van der Waals surface area contributed by atoms with Crippen LogP contribution in [0.1, 0.15) is 6.93 Å². The van der Waals surface area contributed by atoms with Crippen LogP contribution in [0.2, 0.25) is 0 Å². The largest absolute Gasteiger partial charge is 0.480 e. The first kappa shape index (κ1) is 15.3. The number of carboxylic acid groups (broad SMARTS) is 1. The molecule has 0 saturated heterocycles. The van der Waals surface area contributed by atoms with Crippen LogP contribution in [0.15, 0.2) is 30.5 Å². The number of aryl methyl sites for hydroxylation is 1. The van der Waals surface area contributed by atoms with Gasteiger partial charge in [0.05, 0.1) is 6.04 Å². The molecule has 1 amide bonds. The van der Waals surface area contributed by atoms with E-state index in [1.165, 1.54) is 0 Å². The Labute approximate surface area is 129 Å². The van der Waals surface area contributed by atoms with Gasteiger partial charge in [0.1, 0.15) is 6.54 Å². The minimum atomic E-state index is -1.11. The van der Waals surface area contributed by atoms with E-state index < -0.39 is 24.5 Å². The monoisotopic (exact) mass is 312 g/mol. The molecule has 1 atom stereocenters. The predicted octanol–water partition coefficient (Wildman–Crippen LogP) is 0.671. The molecule has 7 heteroatoms. The van der Waals surface area contributed by atoms with E-state index in [9.17, 15) is 9.59 Å². The van der Waals surface area contributed by atoms with Gasteiger partial charge in [0.25, 0.3) is 0 Å². The number of hydrogen-bond acceptors (Lipinski definition) is 3. The number of carboxylic acids is 1. The van der Waals surface area contributed by atoms with Crippen molar-refractivity contribution in [2.45, 2.75) is 12.5 Å². The average molecular weight is 313 g/mol. The molecule has 1 aromatic carbocycles. The number of halogens is 1. The molecule has 0 aliphatic rings. The van der Waals surface area contributed by atoms with Crippen molar-refractivity contribution in [1.82, 2.24) is 9.88 Å². The SMILES string of the molecule is Cl.[2H]Cn1cc(C[C@H](N)C(=O)NCC(=O)O)c2ccccc21. The molecule has 0 radical (unpaired) electrons. The minimum Gasteiger partial charge on any atom is -0.480 e. The standard InChI is InChI=1S/C14H17N3O3.ClH/c1-17-8-9(10-4-2-3-5-12(10)17)6-11(15)14(20)16-7-13(18)19;/h2-5,8,11H,6-7,15H2,1H3,(H,16,20)(H,18,19);1H/t11-;/m0./s1/i1D;. The molecule has 0 fully saturated rings. The maximum atomic E-state index is 11.7. The van der Waals surface area contributed by atoms with E-state index in [2.05, 4.69) is 5.32 Å². The number of para-hydroxylation sites is 1. The number of carbonyl (C=O) groups is 2. The number of benzene rings is 1. The van der Waals surface area contributed by atoms with Crippen LogP contribution in [0, 0.1) is 0 Å². The van der Waals surface area contributed by atoms with Crippen LogP contribution in [0.5, 0.6) is 0 Å². The highest BCUT2D eigenvalue weighted by molar-refractivity contribution is 5.88. The Bertz CT molecular complexity index is 674. The van der Waals surface area contributed by atoms with E-state index in [-0.39, 0.29) is 19.4 Å². The lowest BCUT2D eigenvalue weighted by Crippen LogP contribution is -2.43. The van der Waals surface area contributed by atoms with E-state index in [4.69, 9.17) is 12.2 Å². The van der Waals surface area contributed by atoms with E-state index >= 15 is 0 Å². The summed E-state index contributed by atoms with van der Waals surface area (Å²) in [4.78, 5) is 22.1. The molecule has 6 nitrogen and oxygen atoms in total. The summed E-state index contributed by atoms with van der Waals surface area (Å²) in [6, 6.07) is 6.77. The van der Waals surface area contributed by atoms with Gasteiger partial charge < -0.3 is 20.7 Å². The van der Waals surface area contributed by atoms with E-state index in [1.54, 1.807) is 4.57 Å². The lowest BCUT2D eigenvalue weighted by molar-refractivity contribution is -0.138. The number of nitrogens with one attached hydrogen (secondary N) is 1. The summed E-state index contributed by atoms with van der Waals surface area (Å²) in [5.74, 6) is -1.61. The van der Waals surface area contributed by atoms with Crippen molar-refractivity contribution in [3.05, 3.63) is 36.0 Å². The van der Waals surface area contributed by atoms with Crippen molar-refractivity contribution in [3.8, 4) is 0 Å². The zero-order valence-corrected chi connectivity index (χ0v) is 12.1. The summed E-state index contributed by atoms with van der Waals surface area (Å²) >= 11 is 0. The third kappa shape index (κ3) is 3.96. The summed E-state index contributed by atoms with van der Waals surface area (Å²) in [7, 11) is 0.0843. The van der Waals surface area contributed by atoms with Gasteiger partial charge in [-0.3, -0.25) is 9.59 Å². The zero-order valence-electron chi connectivity index (χ0n) is 12.3. The molecule has 1 heterocycles. The Morgan fingerprint density at radius 1 is 1.48 bits per heavy atom.